The number of urea groups is 1. The van der Waals surface area contributed by atoms with Crippen LogP contribution in [0.1, 0.15) is 18.2 Å². The van der Waals surface area contributed by atoms with E-state index in [0.29, 0.717) is 31.3 Å². The van der Waals surface area contributed by atoms with E-state index in [1.54, 1.807) is 30.7 Å². The Morgan fingerprint density at radius 3 is 2.81 bits per heavy atom. The minimum Gasteiger partial charge on any atom is -0.377 e. The molecule has 36 heavy (non-hydrogen) atoms. The molecule has 188 valence electrons. The topological polar surface area (TPSA) is 108 Å². The Morgan fingerprint density at radius 2 is 2.06 bits per heavy atom. The fourth-order valence-corrected chi connectivity index (χ4v) is 4.51. The van der Waals surface area contributed by atoms with E-state index in [9.17, 15) is 9.18 Å². The summed E-state index contributed by atoms with van der Waals surface area (Å²) in [6.45, 7) is 5.03. The fraction of sp³-hybridized carbons (Fsp3) is 0.400. The summed E-state index contributed by atoms with van der Waals surface area (Å²) in [5, 5.41) is 5.15. The number of ether oxygens (including phenoxy) is 1. The molecule has 11 heteroatoms. The number of hydrogen-bond acceptors (Lipinski definition) is 8. The molecular weight excluding hydrogens is 463 g/mol. The van der Waals surface area contributed by atoms with Crippen molar-refractivity contribution in [2.75, 3.05) is 54.6 Å². The van der Waals surface area contributed by atoms with Gasteiger partial charge in [0.1, 0.15) is 18.3 Å². The number of amides is 2. The number of fused-ring (bicyclic) bond motifs is 1. The molecule has 1 aromatic carbocycles. The Morgan fingerprint density at radius 1 is 1.19 bits per heavy atom. The van der Waals surface area contributed by atoms with Crippen LogP contribution >= 0.6 is 0 Å². The number of rotatable bonds is 6. The minimum absolute atomic E-state index is 0.0266. The number of hydrogen-bond donors (Lipinski definition) is 2. The van der Waals surface area contributed by atoms with Crippen LogP contribution in [0.15, 0.2) is 42.9 Å². The van der Waals surface area contributed by atoms with Gasteiger partial charge in [0, 0.05) is 48.8 Å². The molecule has 1 fully saturated rings. The van der Waals surface area contributed by atoms with Crippen molar-refractivity contribution in [1.82, 2.24) is 25.3 Å². The number of anilines is 3. The van der Waals surface area contributed by atoms with Crippen LogP contribution in [0.5, 0.6) is 0 Å². The molecule has 5 rings (SSSR count). The second-order valence-corrected chi connectivity index (χ2v) is 8.80. The predicted molar refractivity (Wildman–Crippen MR) is 135 cm³/mol. The second-order valence-electron chi connectivity index (χ2n) is 8.80. The van der Waals surface area contributed by atoms with Crippen LogP contribution in [0.4, 0.5) is 26.5 Å². The van der Waals surface area contributed by atoms with Gasteiger partial charge in [-0.05, 0) is 37.6 Å². The molecule has 0 radical (unpaired) electrons. The lowest BCUT2D eigenvalue weighted by Crippen LogP contribution is -2.45. The summed E-state index contributed by atoms with van der Waals surface area (Å²) in [7, 11) is 0. The minimum atomic E-state index is -0.611. The molecule has 2 aliphatic rings. The molecule has 1 saturated heterocycles. The second kappa shape index (κ2) is 10.8. The fourth-order valence-electron chi connectivity index (χ4n) is 4.51. The Labute approximate surface area is 208 Å². The summed E-state index contributed by atoms with van der Waals surface area (Å²) < 4.78 is 18.0. The summed E-state index contributed by atoms with van der Waals surface area (Å²) in [6.07, 6.45) is 5.95. The van der Waals surface area contributed by atoms with Crippen LogP contribution in [0.25, 0.3) is 11.4 Å². The largest absolute Gasteiger partial charge is 0.377 e. The van der Waals surface area contributed by atoms with E-state index in [4.69, 9.17) is 14.7 Å². The normalized spacial score (nSPS) is 17.4. The van der Waals surface area contributed by atoms with Crippen LogP contribution in [0.3, 0.4) is 0 Å². The van der Waals surface area contributed by atoms with Gasteiger partial charge in [-0.15, -0.1) is 0 Å². The number of carbonyl (C=O) groups is 1. The zero-order valence-electron chi connectivity index (χ0n) is 20.2. The van der Waals surface area contributed by atoms with Crippen LogP contribution in [-0.2, 0) is 17.7 Å². The average molecular weight is 493 g/mol. The summed E-state index contributed by atoms with van der Waals surface area (Å²) in [6, 6.07) is 7.09. The van der Waals surface area contributed by atoms with Gasteiger partial charge in [-0.25, -0.2) is 24.1 Å². The smallest absolute Gasteiger partial charge is 0.319 e. The molecule has 2 amide bonds. The van der Waals surface area contributed by atoms with E-state index >= 15 is 0 Å². The quantitative estimate of drug-likeness (QED) is 0.541. The number of carbonyl (C=O) groups excluding carboxylic acids is 1. The van der Waals surface area contributed by atoms with Crippen molar-refractivity contribution in [1.29, 1.82) is 0 Å². The molecule has 0 saturated carbocycles. The van der Waals surface area contributed by atoms with Crippen LogP contribution < -0.4 is 20.4 Å². The molecular formula is C25H29FN8O2. The van der Waals surface area contributed by atoms with Crippen molar-refractivity contribution in [3.63, 3.8) is 0 Å². The van der Waals surface area contributed by atoms with Gasteiger partial charge in [0.05, 0.1) is 37.7 Å². The van der Waals surface area contributed by atoms with E-state index in [2.05, 4.69) is 37.3 Å². The lowest BCUT2D eigenvalue weighted by atomic mass is 10.0. The molecule has 3 aromatic rings. The highest BCUT2D eigenvalue weighted by Crippen LogP contribution is 2.32. The maximum absolute atomic E-state index is 12.3. The number of benzene rings is 1. The maximum Gasteiger partial charge on any atom is 0.319 e. The highest BCUT2D eigenvalue weighted by Gasteiger charge is 2.29. The van der Waals surface area contributed by atoms with Crippen LogP contribution in [0, 0.1) is 0 Å². The number of halogens is 1. The van der Waals surface area contributed by atoms with Gasteiger partial charge in [0.15, 0.2) is 5.82 Å². The number of morpholine rings is 1. The molecule has 0 bridgehead atoms. The molecule has 0 aliphatic carbocycles. The van der Waals surface area contributed by atoms with E-state index in [-0.39, 0.29) is 12.6 Å². The van der Waals surface area contributed by atoms with E-state index in [1.807, 2.05) is 12.1 Å². The van der Waals surface area contributed by atoms with Crippen molar-refractivity contribution < 1.29 is 13.9 Å². The first-order valence-electron chi connectivity index (χ1n) is 12.1. The predicted octanol–water partition coefficient (Wildman–Crippen LogP) is 2.81. The maximum atomic E-state index is 12.3. The first-order valence-corrected chi connectivity index (χ1v) is 12.1. The first-order chi connectivity index (χ1) is 17.6. The van der Waals surface area contributed by atoms with Gasteiger partial charge < -0.3 is 25.2 Å². The van der Waals surface area contributed by atoms with Gasteiger partial charge in [-0.3, -0.25) is 4.98 Å². The summed E-state index contributed by atoms with van der Waals surface area (Å²) in [5.41, 5.74) is 3.57. The zero-order valence-corrected chi connectivity index (χ0v) is 20.2. The number of nitrogens with one attached hydrogen (secondary N) is 2. The number of aromatic nitrogens is 4. The number of alkyl halides is 1. The Kier molecular flexibility index (Phi) is 7.17. The van der Waals surface area contributed by atoms with Crippen molar-refractivity contribution in [2.45, 2.75) is 25.9 Å². The highest BCUT2D eigenvalue weighted by molar-refractivity contribution is 5.89. The van der Waals surface area contributed by atoms with Crippen molar-refractivity contribution in [2.24, 2.45) is 0 Å². The summed E-state index contributed by atoms with van der Waals surface area (Å²) >= 11 is 0. The highest BCUT2D eigenvalue weighted by atomic mass is 19.1. The van der Waals surface area contributed by atoms with E-state index in [0.717, 1.165) is 48.0 Å². The van der Waals surface area contributed by atoms with Crippen LogP contribution in [0.2, 0.25) is 0 Å². The van der Waals surface area contributed by atoms with Crippen LogP contribution in [-0.4, -0.2) is 71.5 Å². The molecule has 1 atom stereocenters. The Bertz CT molecular complexity index is 1190. The average Bonchev–Trinajstić information content (AvgIpc) is 2.92. The number of nitrogens with zero attached hydrogens (tertiary/aromatic N) is 6. The molecule has 10 nitrogen and oxygen atoms in total. The molecule has 2 aromatic heterocycles. The lowest BCUT2D eigenvalue weighted by molar-refractivity contribution is 0.0984. The summed E-state index contributed by atoms with van der Waals surface area (Å²) in [4.78, 5) is 35.0. The third-order valence-corrected chi connectivity index (χ3v) is 6.34. The van der Waals surface area contributed by atoms with Gasteiger partial charge in [-0.1, -0.05) is 0 Å². The molecule has 0 unspecified atom stereocenters. The summed E-state index contributed by atoms with van der Waals surface area (Å²) in [5.74, 6) is 2.40. The molecule has 0 spiro atoms. The van der Waals surface area contributed by atoms with Gasteiger partial charge >= 0.3 is 6.03 Å². The van der Waals surface area contributed by atoms with E-state index < -0.39 is 12.7 Å². The SMILES string of the molecule is C[C@H]1COCCN1c1nc(-c2ccc(NC(=O)NCCF)cc2)nc2c1CCN(c1cnccn1)C2. The molecule has 4 heterocycles. The zero-order chi connectivity index (χ0) is 24.9. The van der Waals surface area contributed by atoms with Crippen molar-refractivity contribution in [3.05, 3.63) is 54.1 Å². The van der Waals surface area contributed by atoms with Gasteiger partial charge in [-0.2, -0.15) is 0 Å². The Balaban J connectivity index is 1.46. The third-order valence-electron chi connectivity index (χ3n) is 6.34. The van der Waals surface area contributed by atoms with E-state index in [1.165, 1.54) is 0 Å². The monoisotopic (exact) mass is 492 g/mol. The lowest BCUT2D eigenvalue weighted by Gasteiger charge is -2.38. The van der Waals surface area contributed by atoms with Crippen molar-refractivity contribution in [3.8, 4) is 11.4 Å². The van der Waals surface area contributed by atoms with Gasteiger partial charge in [0.2, 0.25) is 0 Å². The molecule has 2 aliphatic heterocycles. The molecule has 2 N–H and O–H groups in total. The van der Waals surface area contributed by atoms with Crippen molar-refractivity contribution >= 4 is 23.4 Å². The first kappa shape index (κ1) is 23.9. The Hall–Kier alpha value is -3.86. The van der Waals surface area contributed by atoms with Gasteiger partial charge in [0.25, 0.3) is 0 Å². The standard InChI is InChI=1S/C25H29FN8O2/c1-17-16-36-13-12-34(17)24-20-6-11-33(22-14-27-9-10-28-22)15-21(20)31-23(32-24)18-2-4-19(5-3-18)30-25(35)29-8-7-26/h2-5,9-10,14,17H,6-8,11-13,15-16H2,1H3,(H2,29,30,35)/t17-/m0/s1. The third kappa shape index (κ3) is 5.20.